The quantitative estimate of drug-likeness (QED) is 0.775. The van der Waals surface area contributed by atoms with Crippen molar-refractivity contribution >= 4 is 22.2 Å². The Morgan fingerprint density at radius 2 is 2.23 bits per heavy atom. The highest BCUT2D eigenvalue weighted by Crippen LogP contribution is 2.26. The Labute approximate surface area is 81.7 Å². The van der Waals surface area contributed by atoms with E-state index in [4.69, 9.17) is 11.5 Å². The molecule has 0 saturated carbocycles. The van der Waals surface area contributed by atoms with Gasteiger partial charge in [-0.15, -0.1) is 11.3 Å². The van der Waals surface area contributed by atoms with Crippen molar-refractivity contribution in [3.63, 3.8) is 0 Å². The Morgan fingerprint density at radius 1 is 1.62 bits per heavy atom. The highest BCUT2D eigenvalue weighted by Gasteiger charge is 2.14. The Balaban J connectivity index is 3.00. The monoisotopic (exact) mass is 198 g/mol. The zero-order chi connectivity index (χ0) is 10.0. The predicted molar refractivity (Wildman–Crippen MR) is 55.8 cm³/mol. The molecular weight excluding hydrogens is 184 g/mol. The summed E-state index contributed by atoms with van der Waals surface area (Å²) < 4.78 is 0. The van der Waals surface area contributed by atoms with Crippen LogP contribution < -0.4 is 11.5 Å². The van der Waals surface area contributed by atoms with E-state index in [0.29, 0.717) is 16.5 Å². The third-order valence-electron chi connectivity index (χ3n) is 1.77. The number of anilines is 1. The van der Waals surface area contributed by atoms with Gasteiger partial charge in [0.15, 0.2) is 0 Å². The van der Waals surface area contributed by atoms with Crippen LogP contribution in [-0.4, -0.2) is 5.91 Å². The number of thiophene rings is 1. The topological polar surface area (TPSA) is 69.1 Å². The van der Waals surface area contributed by atoms with Crippen molar-refractivity contribution in [2.24, 2.45) is 11.7 Å². The number of hydrogen-bond acceptors (Lipinski definition) is 3. The zero-order valence-electron chi connectivity index (χ0n) is 7.83. The number of hydrogen-bond donors (Lipinski definition) is 2. The van der Waals surface area contributed by atoms with Crippen molar-refractivity contribution in [1.29, 1.82) is 0 Å². The second-order valence-corrected chi connectivity index (χ2v) is 4.37. The molecule has 0 aliphatic rings. The standard InChI is InChI=1S/C9H14N2OS/c1-5(2)3-6-4-13-9(11)7(6)8(10)12/h4-5H,3,11H2,1-2H3,(H2,10,12). The Morgan fingerprint density at radius 3 is 2.69 bits per heavy atom. The predicted octanol–water partition coefficient (Wildman–Crippen LogP) is 1.63. The summed E-state index contributed by atoms with van der Waals surface area (Å²) in [6.07, 6.45) is 0.853. The normalized spacial score (nSPS) is 10.7. The van der Waals surface area contributed by atoms with Gasteiger partial charge in [0, 0.05) is 0 Å². The van der Waals surface area contributed by atoms with Gasteiger partial charge in [-0.2, -0.15) is 0 Å². The minimum atomic E-state index is -0.422. The first kappa shape index (κ1) is 10.1. The van der Waals surface area contributed by atoms with Crippen molar-refractivity contribution in [1.82, 2.24) is 0 Å². The summed E-state index contributed by atoms with van der Waals surface area (Å²) in [7, 11) is 0. The second kappa shape index (κ2) is 3.79. The van der Waals surface area contributed by atoms with E-state index in [1.54, 1.807) is 0 Å². The van der Waals surface area contributed by atoms with Crippen LogP contribution in [-0.2, 0) is 6.42 Å². The van der Waals surface area contributed by atoms with Crippen LogP contribution >= 0.6 is 11.3 Å². The molecule has 1 aromatic rings. The van der Waals surface area contributed by atoms with Gasteiger partial charge >= 0.3 is 0 Å². The fourth-order valence-electron chi connectivity index (χ4n) is 1.28. The summed E-state index contributed by atoms with van der Waals surface area (Å²) in [6.45, 7) is 4.19. The molecule has 0 radical (unpaired) electrons. The summed E-state index contributed by atoms with van der Waals surface area (Å²) in [4.78, 5) is 11.0. The van der Waals surface area contributed by atoms with Crippen molar-refractivity contribution in [2.75, 3.05) is 5.73 Å². The number of nitrogen functional groups attached to an aromatic ring is 1. The molecule has 1 amide bonds. The lowest BCUT2D eigenvalue weighted by atomic mass is 10.0. The largest absolute Gasteiger partial charge is 0.390 e. The van der Waals surface area contributed by atoms with E-state index in [1.807, 2.05) is 5.38 Å². The molecule has 72 valence electrons. The smallest absolute Gasteiger partial charge is 0.251 e. The molecule has 0 aliphatic heterocycles. The Hall–Kier alpha value is -1.03. The van der Waals surface area contributed by atoms with Crippen LogP contribution in [0.3, 0.4) is 0 Å². The summed E-state index contributed by atoms with van der Waals surface area (Å²) in [5, 5.41) is 2.44. The van der Waals surface area contributed by atoms with E-state index >= 15 is 0 Å². The van der Waals surface area contributed by atoms with Crippen molar-refractivity contribution < 1.29 is 4.79 Å². The number of amides is 1. The summed E-state index contributed by atoms with van der Waals surface area (Å²) in [5.41, 5.74) is 12.3. The van der Waals surface area contributed by atoms with Gasteiger partial charge in [0.2, 0.25) is 0 Å². The molecule has 1 heterocycles. The van der Waals surface area contributed by atoms with Crippen LogP contribution in [0, 0.1) is 5.92 Å². The minimum absolute atomic E-state index is 0.422. The average Bonchev–Trinajstić information content (AvgIpc) is 2.30. The van der Waals surface area contributed by atoms with Gasteiger partial charge in [0.05, 0.1) is 10.6 Å². The van der Waals surface area contributed by atoms with Gasteiger partial charge < -0.3 is 11.5 Å². The van der Waals surface area contributed by atoms with Crippen molar-refractivity contribution in [2.45, 2.75) is 20.3 Å². The molecule has 4 heteroatoms. The van der Waals surface area contributed by atoms with E-state index in [1.165, 1.54) is 11.3 Å². The van der Waals surface area contributed by atoms with Gasteiger partial charge in [0.1, 0.15) is 0 Å². The van der Waals surface area contributed by atoms with Gasteiger partial charge in [-0.05, 0) is 23.3 Å². The highest BCUT2D eigenvalue weighted by molar-refractivity contribution is 7.14. The van der Waals surface area contributed by atoms with Crippen molar-refractivity contribution in [3.8, 4) is 0 Å². The molecule has 13 heavy (non-hydrogen) atoms. The van der Waals surface area contributed by atoms with Crippen LogP contribution in [0.15, 0.2) is 5.38 Å². The van der Waals surface area contributed by atoms with Gasteiger partial charge in [-0.3, -0.25) is 4.79 Å². The molecule has 1 aromatic heterocycles. The van der Waals surface area contributed by atoms with Gasteiger partial charge in [0.25, 0.3) is 5.91 Å². The molecule has 0 fully saturated rings. The SMILES string of the molecule is CC(C)Cc1csc(N)c1C(N)=O. The maximum absolute atomic E-state index is 11.0. The van der Waals surface area contributed by atoms with E-state index in [9.17, 15) is 4.79 Å². The molecule has 4 N–H and O–H groups in total. The molecule has 3 nitrogen and oxygen atoms in total. The number of carbonyl (C=O) groups is 1. The fraction of sp³-hybridized carbons (Fsp3) is 0.444. The summed E-state index contributed by atoms with van der Waals surface area (Å²) in [5.74, 6) is 0.0847. The molecule has 0 bridgehead atoms. The summed E-state index contributed by atoms with van der Waals surface area (Å²) >= 11 is 1.38. The van der Waals surface area contributed by atoms with Crippen LogP contribution in [0.4, 0.5) is 5.00 Å². The Bertz CT molecular complexity index is 317. The van der Waals surface area contributed by atoms with Crippen LogP contribution in [0.5, 0.6) is 0 Å². The van der Waals surface area contributed by atoms with Gasteiger partial charge in [-0.25, -0.2) is 0 Å². The van der Waals surface area contributed by atoms with E-state index in [0.717, 1.165) is 12.0 Å². The molecular formula is C9H14N2OS. The molecule has 1 rings (SSSR count). The van der Waals surface area contributed by atoms with E-state index < -0.39 is 5.91 Å². The second-order valence-electron chi connectivity index (χ2n) is 3.46. The van der Waals surface area contributed by atoms with Crippen LogP contribution in [0.2, 0.25) is 0 Å². The Kier molecular flexibility index (Phi) is 2.93. The first-order chi connectivity index (χ1) is 6.02. The van der Waals surface area contributed by atoms with E-state index in [-0.39, 0.29) is 0 Å². The lowest BCUT2D eigenvalue weighted by molar-refractivity contribution is 0.100. The molecule has 0 saturated heterocycles. The summed E-state index contributed by atoms with van der Waals surface area (Å²) in [6, 6.07) is 0. The molecule has 0 unspecified atom stereocenters. The van der Waals surface area contributed by atoms with Crippen LogP contribution in [0.1, 0.15) is 29.8 Å². The molecule has 0 aliphatic carbocycles. The lowest BCUT2D eigenvalue weighted by Gasteiger charge is -2.04. The fourth-order valence-corrected chi connectivity index (χ4v) is 2.11. The number of carbonyl (C=O) groups excluding carboxylic acids is 1. The number of primary amides is 1. The first-order valence-corrected chi connectivity index (χ1v) is 5.06. The number of rotatable bonds is 3. The van der Waals surface area contributed by atoms with Gasteiger partial charge in [-0.1, -0.05) is 13.8 Å². The average molecular weight is 198 g/mol. The molecule has 0 atom stereocenters. The first-order valence-electron chi connectivity index (χ1n) is 4.18. The minimum Gasteiger partial charge on any atom is -0.390 e. The van der Waals surface area contributed by atoms with Crippen LogP contribution in [0.25, 0.3) is 0 Å². The third-order valence-corrected chi connectivity index (χ3v) is 2.63. The molecule has 0 spiro atoms. The van der Waals surface area contributed by atoms with Crippen molar-refractivity contribution in [3.05, 3.63) is 16.5 Å². The number of nitrogens with two attached hydrogens (primary N) is 2. The molecule has 0 aromatic carbocycles. The maximum atomic E-state index is 11.0. The van der Waals surface area contributed by atoms with E-state index in [2.05, 4.69) is 13.8 Å². The lowest BCUT2D eigenvalue weighted by Crippen LogP contribution is -2.14. The third kappa shape index (κ3) is 2.21. The maximum Gasteiger partial charge on any atom is 0.251 e. The highest BCUT2D eigenvalue weighted by atomic mass is 32.1. The zero-order valence-corrected chi connectivity index (χ0v) is 8.65.